The van der Waals surface area contributed by atoms with Gasteiger partial charge in [-0.1, -0.05) is 29.3 Å². The zero-order valence-corrected chi connectivity index (χ0v) is 12.7. The van der Waals surface area contributed by atoms with Crippen LogP contribution >= 0.6 is 47.2 Å². The van der Waals surface area contributed by atoms with Crippen LogP contribution in [0.1, 0.15) is 0 Å². The molecule has 0 atom stereocenters. The Bertz CT molecular complexity index is 631. The molecule has 1 aromatic carbocycles. The van der Waals surface area contributed by atoms with Gasteiger partial charge in [-0.3, -0.25) is 0 Å². The summed E-state index contributed by atoms with van der Waals surface area (Å²) in [7, 11) is 0. The minimum absolute atomic E-state index is 0.536. The summed E-state index contributed by atoms with van der Waals surface area (Å²) in [5.74, 6) is 1.93. The van der Waals surface area contributed by atoms with Gasteiger partial charge < -0.3 is 9.55 Å². The highest BCUT2D eigenvalue weighted by atomic mass is 35.5. The van der Waals surface area contributed by atoms with Gasteiger partial charge in [0.1, 0.15) is 0 Å². The molecule has 0 bridgehead atoms. The van der Waals surface area contributed by atoms with Crippen LogP contribution in [0, 0.1) is 4.77 Å². The Morgan fingerprint density at radius 2 is 2.11 bits per heavy atom. The molecule has 1 heterocycles. The molecular formula is C12H12Cl2N2S2. The number of halogens is 2. The number of nitrogens with one attached hydrogen (secondary N) is 1. The third kappa shape index (κ3) is 2.94. The average Bonchev–Trinajstić information content (AvgIpc) is 2.62. The second-order valence-electron chi connectivity index (χ2n) is 3.73. The number of rotatable bonds is 5. The van der Waals surface area contributed by atoms with Crippen molar-refractivity contribution in [2.24, 2.45) is 0 Å². The lowest BCUT2D eigenvalue weighted by Crippen LogP contribution is -2.00. The second-order valence-corrected chi connectivity index (χ2v) is 6.08. The zero-order chi connectivity index (χ0) is 13.1. The van der Waals surface area contributed by atoms with E-state index < -0.39 is 0 Å². The lowest BCUT2D eigenvalue weighted by molar-refractivity contribution is 0.784. The van der Waals surface area contributed by atoms with Gasteiger partial charge >= 0.3 is 0 Å². The summed E-state index contributed by atoms with van der Waals surface area (Å²) in [6.45, 7) is 4.54. The van der Waals surface area contributed by atoms with Crippen molar-refractivity contribution in [1.82, 2.24) is 9.55 Å². The van der Waals surface area contributed by atoms with Gasteiger partial charge in [0.15, 0.2) is 4.77 Å². The fourth-order valence-electron chi connectivity index (χ4n) is 1.70. The van der Waals surface area contributed by atoms with E-state index >= 15 is 0 Å². The van der Waals surface area contributed by atoms with Crippen LogP contribution in [0.5, 0.6) is 0 Å². The first-order chi connectivity index (χ1) is 8.63. The van der Waals surface area contributed by atoms with Crippen molar-refractivity contribution in [2.75, 3.05) is 11.5 Å². The minimum atomic E-state index is 0.536. The van der Waals surface area contributed by atoms with Crippen LogP contribution in [0.25, 0.3) is 11.0 Å². The number of H-pyrrole nitrogens is 1. The number of nitrogens with zero attached hydrogens (tertiary/aromatic N) is 1. The van der Waals surface area contributed by atoms with E-state index in [1.54, 1.807) is 0 Å². The number of hydrogen-bond acceptors (Lipinski definition) is 2. The monoisotopic (exact) mass is 318 g/mol. The van der Waals surface area contributed by atoms with Gasteiger partial charge in [0.05, 0.1) is 21.1 Å². The van der Waals surface area contributed by atoms with Crippen molar-refractivity contribution in [2.45, 2.75) is 6.54 Å². The minimum Gasteiger partial charge on any atom is -0.331 e. The van der Waals surface area contributed by atoms with Crippen LogP contribution in [0.4, 0.5) is 0 Å². The highest BCUT2D eigenvalue weighted by Gasteiger charge is 2.07. The number of fused-ring (bicyclic) bond motifs is 1. The van der Waals surface area contributed by atoms with Crippen LogP contribution in [-0.2, 0) is 6.54 Å². The highest BCUT2D eigenvalue weighted by molar-refractivity contribution is 7.99. The lowest BCUT2D eigenvalue weighted by Gasteiger charge is -2.04. The van der Waals surface area contributed by atoms with E-state index in [0.717, 1.165) is 29.1 Å². The maximum Gasteiger partial charge on any atom is 0.178 e. The van der Waals surface area contributed by atoms with Crippen molar-refractivity contribution in [3.05, 3.63) is 39.6 Å². The first kappa shape index (κ1) is 14.0. The first-order valence-corrected chi connectivity index (χ1v) is 7.71. The average molecular weight is 319 g/mol. The van der Waals surface area contributed by atoms with E-state index in [4.69, 9.17) is 35.4 Å². The predicted octanol–water partition coefficient (Wildman–Crippen LogP) is 4.92. The van der Waals surface area contributed by atoms with Crippen LogP contribution in [0.2, 0.25) is 10.0 Å². The smallest absolute Gasteiger partial charge is 0.178 e. The third-order valence-corrected chi connectivity index (χ3v) is 4.50. The van der Waals surface area contributed by atoms with E-state index in [2.05, 4.69) is 11.6 Å². The van der Waals surface area contributed by atoms with Crippen LogP contribution in [-0.4, -0.2) is 21.1 Å². The molecule has 0 aliphatic carbocycles. The molecule has 2 aromatic rings. The normalized spacial score (nSPS) is 11.0. The fourth-order valence-corrected chi connectivity index (χ4v) is 2.96. The van der Waals surface area contributed by atoms with E-state index in [0.29, 0.717) is 14.8 Å². The van der Waals surface area contributed by atoms with E-state index in [1.807, 2.05) is 34.5 Å². The maximum atomic E-state index is 6.04. The highest BCUT2D eigenvalue weighted by Crippen LogP contribution is 2.27. The molecule has 2 rings (SSSR count). The van der Waals surface area contributed by atoms with Gasteiger partial charge in [0.2, 0.25) is 0 Å². The standard InChI is InChI=1S/C12H12Cl2N2S2/c1-2-4-18-5-3-16-11-7-9(14)8(13)6-10(11)15-12(16)17/h2,6-7H,1,3-5H2,(H,15,17). The van der Waals surface area contributed by atoms with Gasteiger partial charge in [-0.2, -0.15) is 11.8 Å². The molecule has 0 spiro atoms. The fraction of sp³-hybridized carbons (Fsp3) is 0.250. The Balaban J connectivity index is 2.32. The zero-order valence-electron chi connectivity index (χ0n) is 9.58. The quantitative estimate of drug-likeness (QED) is 0.479. The molecule has 0 unspecified atom stereocenters. The summed E-state index contributed by atoms with van der Waals surface area (Å²) in [5.41, 5.74) is 1.91. The molecule has 2 nitrogen and oxygen atoms in total. The Kier molecular flexibility index (Phi) is 4.78. The van der Waals surface area contributed by atoms with Gasteiger partial charge in [0, 0.05) is 18.1 Å². The van der Waals surface area contributed by atoms with Crippen molar-refractivity contribution >= 4 is 58.2 Å². The van der Waals surface area contributed by atoms with Crippen LogP contribution in [0.15, 0.2) is 24.8 Å². The van der Waals surface area contributed by atoms with E-state index in [9.17, 15) is 0 Å². The van der Waals surface area contributed by atoms with Gasteiger partial charge in [-0.15, -0.1) is 6.58 Å². The summed E-state index contributed by atoms with van der Waals surface area (Å²) in [5, 5.41) is 1.08. The first-order valence-electron chi connectivity index (χ1n) is 5.39. The third-order valence-electron chi connectivity index (χ3n) is 2.51. The molecule has 0 fully saturated rings. The number of aromatic nitrogens is 2. The SMILES string of the molecule is C=CCSCCn1c(=S)[nH]c2cc(Cl)c(Cl)cc21. The van der Waals surface area contributed by atoms with Gasteiger partial charge in [0.25, 0.3) is 0 Å². The Morgan fingerprint density at radius 3 is 2.83 bits per heavy atom. The maximum absolute atomic E-state index is 6.04. The molecule has 1 aromatic heterocycles. The Hall–Kier alpha value is -0.420. The van der Waals surface area contributed by atoms with Crippen molar-refractivity contribution in [3.8, 4) is 0 Å². The summed E-state index contributed by atoms with van der Waals surface area (Å²) < 4.78 is 2.74. The summed E-state index contributed by atoms with van der Waals surface area (Å²) in [4.78, 5) is 3.14. The van der Waals surface area contributed by atoms with Gasteiger partial charge in [-0.05, 0) is 24.4 Å². The largest absolute Gasteiger partial charge is 0.331 e. The van der Waals surface area contributed by atoms with Crippen molar-refractivity contribution in [1.29, 1.82) is 0 Å². The van der Waals surface area contributed by atoms with Crippen molar-refractivity contribution in [3.63, 3.8) is 0 Å². The van der Waals surface area contributed by atoms with Crippen LogP contribution < -0.4 is 0 Å². The molecule has 96 valence electrons. The summed E-state index contributed by atoms with van der Waals surface area (Å²) in [6, 6.07) is 3.66. The van der Waals surface area contributed by atoms with Gasteiger partial charge in [-0.25, -0.2) is 0 Å². The molecule has 0 saturated heterocycles. The number of hydrogen-bond donors (Lipinski definition) is 1. The predicted molar refractivity (Wildman–Crippen MR) is 84.7 cm³/mol. The number of benzene rings is 1. The number of aromatic amines is 1. The molecule has 0 amide bonds. The lowest BCUT2D eigenvalue weighted by atomic mass is 10.3. The molecule has 6 heteroatoms. The molecule has 0 saturated carbocycles. The Labute approximate surface area is 125 Å². The molecule has 0 radical (unpaired) electrons. The number of imidazole rings is 1. The van der Waals surface area contributed by atoms with Crippen molar-refractivity contribution < 1.29 is 0 Å². The molecule has 0 aliphatic rings. The number of aryl methyl sites for hydroxylation is 1. The van der Waals surface area contributed by atoms with E-state index in [-0.39, 0.29) is 0 Å². The number of thioether (sulfide) groups is 1. The molecule has 0 aliphatic heterocycles. The molecule has 18 heavy (non-hydrogen) atoms. The summed E-state index contributed by atoms with van der Waals surface area (Å²) >= 11 is 19.2. The Morgan fingerprint density at radius 1 is 1.39 bits per heavy atom. The molecule has 1 N–H and O–H groups in total. The van der Waals surface area contributed by atoms with E-state index in [1.165, 1.54) is 0 Å². The second kappa shape index (κ2) is 6.15. The summed E-state index contributed by atoms with van der Waals surface area (Å²) in [6.07, 6.45) is 1.90. The molecular weight excluding hydrogens is 307 g/mol. The topological polar surface area (TPSA) is 20.7 Å². The van der Waals surface area contributed by atoms with Crippen LogP contribution in [0.3, 0.4) is 0 Å².